The van der Waals surface area contributed by atoms with Crippen molar-refractivity contribution in [2.24, 2.45) is 0 Å². The van der Waals surface area contributed by atoms with Crippen LogP contribution in [0.4, 0.5) is 17.2 Å². The van der Waals surface area contributed by atoms with Crippen molar-refractivity contribution in [1.82, 2.24) is 9.97 Å². The fourth-order valence-electron chi connectivity index (χ4n) is 7.95. The summed E-state index contributed by atoms with van der Waals surface area (Å²) in [4.78, 5) is 12.0. The van der Waals surface area contributed by atoms with E-state index < -0.39 is 8.07 Å². The molecule has 0 fully saturated rings. The quantitative estimate of drug-likeness (QED) is 0.162. The molecule has 0 atom stereocenters. The Bertz CT molecular complexity index is 2680. The zero-order valence-electron chi connectivity index (χ0n) is 28.1. The number of rotatable bonds is 6. The van der Waals surface area contributed by atoms with Crippen molar-refractivity contribution in [3.8, 4) is 22.8 Å². The number of ether oxygens (including phenoxy) is 1. The summed E-state index contributed by atoms with van der Waals surface area (Å²) in [6.07, 6.45) is 3.71. The molecule has 10 rings (SSSR count). The maximum absolute atomic E-state index is 6.74. The Hall–Kier alpha value is -6.34. The molecule has 246 valence electrons. The molecule has 4 nitrogen and oxygen atoms in total. The van der Waals surface area contributed by atoms with E-state index in [1.165, 1.54) is 46.6 Å². The van der Waals surface area contributed by atoms with Crippen molar-refractivity contribution in [1.29, 1.82) is 0 Å². The zero-order valence-corrected chi connectivity index (χ0v) is 29.9. The number of nitrogens with zero attached hydrogens (tertiary/aromatic N) is 3. The van der Waals surface area contributed by atoms with Gasteiger partial charge in [-0.15, -0.1) is 11.3 Å². The van der Waals surface area contributed by atoms with E-state index in [0.29, 0.717) is 0 Å². The van der Waals surface area contributed by atoms with Crippen molar-refractivity contribution < 1.29 is 4.74 Å². The average Bonchev–Trinajstić information content (AvgIpc) is 3.60. The molecule has 0 spiro atoms. The van der Waals surface area contributed by atoms with Gasteiger partial charge in [0, 0.05) is 44.2 Å². The van der Waals surface area contributed by atoms with Crippen LogP contribution < -0.4 is 30.4 Å². The fraction of sp³-hybridized carbons (Fsp3) is 0. The molecule has 0 N–H and O–H groups in total. The lowest BCUT2D eigenvalue weighted by Crippen LogP contribution is -2.77. The third-order valence-corrected chi connectivity index (χ3v) is 16.1. The van der Waals surface area contributed by atoms with Crippen molar-refractivity contribution >= 4 is 77.5 Å². The molecule has 9 aromatic rings. The van der Waals surface area contributed by atoms with Crippen LogP contribution in [-0.2, 0) is 0 Å². The molecule has 4 heterocycles. The fourth-order valence-corrected chi connectivity index (χ4v) is 14.1. The van der Waals surface area contributed by atoms with Gasteiger partial charge in [0.15, 0.2) is 8.07 Å². The predicted octanol–water partition coefficient (Wildman–Crippen LogP) is 9.46. The zero-order chi connectivity index (χ0) is 34.5. The second-order valence-electron chi connectivity index (χ2n) is 13.0. The Morgan fingerprint density at radius 2 is 1.21 bits per heavy atom. The van der Waals surface area contributed by atoms with Crippen molar-refractivity contribution in [2.75, 3.05) is 4.90 Å². The molecule has 1 aliphatic heterocycles. The van der Waals surface area contributed by atoms with Crippen molar-refractivity contribution in [2.45, 2.75) is 0 Å². The van der Waals surface area contributed by atoms with E-state index in [-0.39, 0.29) is 0 Å². The van der Waals surface area contributed by atoms with E-state index in [1.807, 2.05) is 60.1 Å². The molecule has 6 heteroatoms. The maximum atomic E-state index is 6.74. The molecule has 0 radical (unpaired) electrons. The molecule has 52 heavy (non-hydrogen) atoms. The van der Waals surface area contributed by atoms with E-state index in [1.54, 1.807) is 0 Å². The summed E-state index contributed by atoms with van der Waals surface area (Å²) in [5.74, 6) is 2.38. The van der Waals surface area contributed by atoms with E-state index >= 15 is 0 Å². The third-order valence-electron chi connectivity index (χ3n) is 10.1. The van der Waals surface area contributed by atoms with Gasteiger partial charge in [-0.3, -0.25) is 9.88 Å². The van der Waals surface area contributed by atoms with Crippen LogP contribution in [0.5, 0.6) is 11.5 Å². The van der Waals surface area contributed by atoms with Crippen LogP contribution in [0.3, 0.4) is 0 Å². The summed E-state index contributed by atoms with van der Waals surface area (Å²) in [6, 6.07) is 62.8. The minimum absolute atomic E-state index is 0.754. The number of hydrogen-bond donors (Lipinski definition) is 0. The van der Waals surface area contributed by atoms with Crippen LogP contribution in [0.15, 0.2) is 188 Å². The largest absolute Gasteiger partial charge is 0.457 e. The summed E-state index contributed by atoms with van der Waals surface area (Å²) in [6.45, 7) is 0. The lowest BCUT2D eigenvalue weighted by Gasteiger charge is -2.45. The molecule has 0 aliphatic carbocycles. The first-order valence-corrected chi connectivity index (χ1v) is 20.2. The molecule has 1 aliphatic rings. The molecule has 0 amide bonds. The van der Waals surface area contributed by atoms with Gasteiger partial charge in [-0.1, -0.05) is 115 Å². The second kappa shape index (κ2) is 12.5. The Kier molecular flexibility index (Phi) is 7.30. The first kappa shape index (κ1) is 30.5. The van der Waals surface area contributed by atoms with Gasteiger partial charge >= 0.3 is 0 Å². The van der Waals surface area contributed by atoms with Crippen molar-refractivity contribution in [3.63, 3.8) is 0 Å². The Labute approximate surface area is 306 Å². The minimum Gasteiger partial charge on any atom is -0.457 e. The number of thiophene rings is 1. The van der Waals surface area contributed by atoms with E-state index in [0.717, 1.165) is 34.3 Å². The smallest absolute Gasteiger partial charge is 0.184 e. The number of benzene rings is 6. The van der Waals surface area contributed by atoms with Gasteiger partial charge in [-0.2, -0.15) is 0 Å². The van der Waals surface area contributed by atoms with Gasteiger partial charge in [0.1, 0.15) is 17.3 Å². The minimum atomic E-state index is -2.93. The first-order chi connectivity index (χ1) is 25.8. The monoisotopic (exact) mass is 701 g/mol. The molecule has 0 bridgehead atoms. The number of anilines is 3. The highest BCUT2D eigenvalue weighted by atomic mass is 32.1. The van der Waals surface area contributed by atoms with Gasteiger partial charge in [0.25, 0.3) is 0 Å². The summed E-state index contributed by atoms with van der Waals surface area (Å²) in [5, 5.41) is 7.81. The topological polar surface area (TPSA) is 38.2 Å². The highest BCUT2D eigenvalue weighted by Gasteiger charge is 2.50. The Morgan fingerprint density at radius 1 is 0.519 bits per heavy atom. The lowest BCUT2D eigenvalue weighted by molar-refractivity contribution is 0.483. The Morgan fingerprint density at radius 3 is 1.96 bits per heavy atom. The van der Waals surface area contributed by atoms with E-state index in [2.05, 4.69) is 149 Å². The number of fused-ring (bicyclic) bond motifs is 6. The molecule has 0 unspecified atom stereocenters. The van der Waals surface area contributed by atoms with Crippen LogP contribution in [0.25, 0.3) is 31.4 Å². The van der Waals surface area contributed by atoms with Crippen LogP contribution in [-0.4, -0.2) is 18.0 Å². The van der Waals surface area contributed by atoms with Gasteiger partial charge in [-0.25, -0.2) is 4.98 Å². The number of hydrogen-bond acceptors (Lipinski definition) is 5. The van der Waals surface area contributed by atoms with Gasteiger partial charge in [0.2, 0.25) is 0 Å². The summed E-state index contributed by atoms with van der Waals surface area (Å²) in [5.41, 5.74) is 4.18. The van der Waals surface area contributed by atoms with Crippen LogP contribution in [0, 0.1) is 0 Å². The normalized spacial score (nSPS) is 13.1. The SMILES string of the molecule is c1ccc([Si]2(c3ccccc3)c3ccc(Oc4cccc(-c5ccccn5)c4)cc3N(c3ccccn3)c3c2ccc2sc4ccccc4c32)cc1. The molecular weight excluding hydrogens is 671 g/mol. The molecule has 6 aromatic carbocycles. The van der Waals surface area contributed by atoms with Crippen LogP contribution in [0.2, 0.25) is 0 Å². The summed E-state index contributed by atoms with van der Waals surface area (Å²) < 4.78 is 9.27. The molecule has 3 aromatic heterocycles. The molecule has 0 saturated carbocycles. The van der Waals surface area contributed by atoms with Crippen LogP contribution in [0.1, 0.15) is 0 Å². The maximum Gasteiger partial charge on any atom is 0.184 e. The second-order valence-corrected chi connectivity index (χ2v) is 17.8. The lowest BCUT2D eigenvalue weighted by atomic mass is 10.1. The highest BCUT2D eigenvalue weighted by molar-refractivity contribution is 7.26. The van der Waals surface area contributed by atoms with Crippen molar-refractivity contribution in [3.05, 3.63) is 188 Å². The average molecular weight is 702 g/mol. The van der Waals surface area contributed by atoms with E-state index in [4.69, 9.17) is 9.72 Å². The highest BCUT2D eigenvalue weighted by Crippen LogP contribution is 2.47. The molecular formula is C46H31N3OSSi. The number of aromatic nitrogens is 2. The summed E-state index contributed by atoms with van der Waals surface area (Å²) >= 11 is 1.85. The van der Waals surface area contributed by atoms with Crippen LogP contribution >= 0.6 is 11.3 Å². The van der Waals surface area contributed by atoms with E-state index in [9.17, 15) is 0 Å². The Balaban J connectivity index is 1.29. The summed E-state index contributed by atoms with van der Waals surface area (Å²) in [7, 11) is -2.93. The van der Waals surface area contributed by atoms with Gasteiger partial charge < -0.3 is 4.74 Å². The van der Waals surface area contributed by atoms with Gasteiger partial charge in [0.05, 0.1) is 17.1 Å². The number of pyridine rings is 2. The first-order valence-electron chi connectivity index (χ1n) is 17.4. The predicted molar refractivity (Wildman–Crippen MR) is 219 cm³/mol. The standard InChI is InChI=1S/C46H31N3OSSi/c1-3-16-35(17-4-1)52(36-18-5-2-6-19-36)42-26-24-34(50-33-15-13-14-32(30-33)38-21-9-11-28-47-38)31-39(42)49(44-23-10-12-29-48-44)46-43(52)27-25-41-45(46)37-20-7-8-22-40(37)51-41/h1-31H. The van der Waals surface area contributed by atoms with Gasteiger partial charge in [-0.05, 0) is 75.3 Å². The molecule has 0 saturated heterocycles. The third kappa shape index (κ3) is 4.80.